The number of methoxy groups -OCH3 is 1. The predicted octanol–water partition coefficient (Wildman–Crippen LogP) is 3.47. The van der Waals surface area contributed by atoms with Crippen LogP contribution in [0.4, 0.5) is 0 Å². The third-order valence-corrected chi connectivity index (χ3v) is 5.69. The van der Waals surface area contributed by atoms with Crippen LogP contribution >= 0.6 is 0 Å². The normalized spacial score (nSPS) is 27.2. The molecule has 1 aromatic rings. The predicted molar refractivity (Wildman–Crippen MR) is 122 cm³/mol. The molecule has 2 fully saturated rings. The molecule has 0 spiro atoms. The van der Waals surface area contributed by atoms with Gasteiger partial charge in [-0.25, -0.2) is 4.79 Å². The summed E-state index contributed by atoms with van der Waals surface area (Å²) in [7, 11) is 1.37. The Kier molecular flexibility index (Phi) is 8.89. The van der Waals surface area contributed by atoms with E-state index in [2.05, 4.69) is 0 Å². The van der Waals surface area contributed by atoms with Gasteiger partial charge in [0, 0.05) is 13.0 Å². The number of hydrogen-bond acceptors (Lipinski definition) is 8. The van der Waals surface area contributed by atoms with Gasteiger partial charge in [-0.15, -0.1) is 0 Å². The number of esters is 1. The third-order valence-electron chi connectivity index (χ3n) is 5.69. The molecular weight excluding hydrogens is 426 g/mol. The van der Waals surface area contributed by atoms with Gasteiger partial charge in [-0.05, 0) is 47.1 Å². The molecule has 0 N–H and O–H groups in total. The Balaban J connectivity index is 1.93. The van der Waals surface area contributed by atoms with E-state index in [9.17, 15) is 4.79 Å². The van der Waals surface area contributed by atoms with Crippen molar-refractivity contribution in [2.45, 2.75) is 103 Å². The SMILES string of the molecule is COC(=O)[C@@H]1C[C@@H]([C@H](OC(C)C)[C@@H](OC(C)C)[C@H]2COC(C)(C)O2)N(Cc2ccccc2)O1. The van der Waals surface area contributed by atoms with Crippen molar-refractivity contribution in [1.29, 1.82) is 0 Å². The molecule has 2 saturated heterocycles. The van der Waals surface area contributed by atoms with Gasteiger partial charge in [0.2, 0.25) is 0 Å². The Bertz CT molecular complexity index is 754. The van der Waals surface area contributed by atoms with Crippen LogP contribution in [0.5, 0.6) is 0 Å². The monoisotopic (exact) mass is 465 g/mol. The number of hydroxylamine groups is 2. The molecule has 2 heterocycles. The maximum Gasteiger partial charge on any atom is 0.337 e. The molecule has 2 aliphatic rings. The van der Waals surface area contributed by atoms with Crippen molar-refractivity contribution in [3.8, 4) is 0 Å². The smallest absolute Gasteiger partial charge is 0.337 e. The fraction of sp³-hybridized carbons (Fsp3) is 0.720. The Labute approximate surface area is 197 Å². The van der Waals surface area contributed by atoms with Crippen molar-refractivity contribution >= 4 is 5.97 Å². The summed E-state index contributed by atoms with van der Waals surface area (Å²) in [5.41, 5.74) is 1.07. The summed E-state index contributed by atoms with van der Waals surface area (Å²) in [4.78, 5) is 18.5. The van der Waals surface area contributed by atoms with Gasteiger partial charge in [-0.1, -0.05) is 30.3 Å². The summed E-state index contributed by atoms with van der Waals surface area (Å²) in [6.07, 6.45) is -1.57. The van der Waals surface area contributed by atoms with E-state index in [0.717, 1.165) is 5.56 Å². The molecule has 0 unspecified atom stereocenters. The van der Waals surface area contributed by atoms with E-state index in [1.165, 1.54) is 7.11 Å². The average molecular weight is 466 g/mol. The van der Waals surface area contributed by atoms with Crippen LogP contribution in [0.1, 0.15) is 53.5 Å². The Morgan fingerprint density at radius 2 is 1.73 bits per heavy atom. The van der Waals surface area contributed by atoms with Gasteiger partial charge < -0.3 is 23.7 Å². The Morgan fingerprint density at radius 3 is 2.27 bits per heavy atom. The third kappa shape index (κ3) is 6.97. The van der Waals surface area contributed by atoms with E-state index in [1.807, 2.05) is 76.9 Å². The molecular formula is C25H39NO7. The van der Waals surface area contributed by atoms with Crippen LogP contribution in [-0.2, 0) is 39.9 Å². The van der Waals surface area contributed by atoms with E-state index in [0.29, 0.717) is 19.6 Å². The lowest BCUT2D eigenvalue weighted by Gasteiger charge is -2.39. The van der Waals surface area contributed by atoms with Crippen LogP contribution in [0.15, 0.2) is 30.3 Å². The number of carbonyl (C=O) groups is 1. The van der Waals surface area contributed by atoms with Crippen molar-refractivity contribution in [2.75, 3.05) is 13.7 Å². The summed E-state index contributed by atoms with van der Waals surface area (Å²) < 4.78 is 29.9. The van der Waals surface area contributed by atoms with Gasteiger partial charge >= 0.3 is 5.97 Å². The van der Waals surface area contributed by atoms with Gasteiger partial charge in [0.1, 0.15) is 18.3 Å². The molecule has 0 radical (unpaired) electrons. The first-order valence-electron chi connectivity index (χ1n) is 11.8. The van der Waals surface area contributed by atoms with Crippen molar-refractivity contribution < 1.29 is 33.3 Å². The highest BCUT2D eigenvalue weighted by molar-refractivity contribution is 5.74. The zero-order valence-electron chi connectivity index (χ0n) is 20.9. The lowest BCUT2D eigenvalue weighted by atomic mass is 9.95. The van der Waals surface area contributed by atoms with Gasteiger partial charge in [0.05, 0.1) is 32.0 Å². The first kappa shape index (κ1) is 26.1. The first-order valence-corrected chi connectivity index (χ1v) is 11.8. The molecule has 1 aromatic carbocycles. The second-order valence-electron chi connectivity index (χ2n) is 9.65. The minimum atomic E-state index is -0.709. The number of rotatable bonds is 10. The molecule has 0 aliphatic carbocycles. The molecule has 33 heavy (non-hydrogen) atoms. The van der Waals surface area contributed by atoms with Crippen LogP contribution in [0.3, 0.4) is 0 Å². The summed E-state index contributed by atoms with van der Waals surface area (Å²) in [5, 5.41) is 1.83. The largest absolute Gasteiger partial charge is 0.467 e. The maximum absolute atomic E-state index is 12.4. The number of carbonyl (C=O) groups excluding carboxylic acids is 1. The van der Waals surface area contributed by atoms with Gasteiger partial charge in [-0.3, -0.25) is 4.84 Å². The molecule has 186 valence electrons. The van der Waals surface area contributed by atoms with E-state index in [4.69, 9.17) is 28.5 Å². The summed E-state index contributed by atoms with van der Waals surface area (Å²) in [6.45, 7) is 12.6. The van der Waals surface area contributed by atoms with Crippen molar-refractivity contribution in [3.63, 3.8) is 0 Å². The molecule has 8 nitrogen and oxygen atoms in total. The van der Waals surface area contributed by atoms with Crippen molar-refractivity contribution in [1.82, 2.24) is 5.06 Å². The Hall–Kier alpha value is -1.55. The minimum Gasteiger partial charge on any atom is -0.467 e. The quantitative estimate of drug-likeness (QED) is 0.486. The highest BCUT2D eigenvalue weighted by Crippen LogP contribution is 2.35. The minimum absolute atomic E-state index is 0.0538. The van der Waals surface area contributed by atoms with E-state index < -0.39 is 30.1 Å². The van der Waals surface area contributed by atoms with E-state index in [-0.39, 0.29) is 24.4 Å². The summed E-state index contributed by atoms with van der Waals surface area (Å²) >= 11 is 0. The van der Waals surface area contributed by atoms with Crippen molar-refractivity contribution in [2.24, 2.45) is 0 Å². The van der Waals surface area contributed by atoms with Crippen LogP contribution in [0.25, 0.3) is 0 Å². The second kappa shape index (κ2) is 11.3. The van der Waals surface area contributed by atoms with Gasteiger partial charge in [0.25, 0.3) is 0 Å². The fourth-order valence-electron chi connectivity index (χ4n) is 4.38. The molecule has 0 saturated carbocycles. The standard InChI is InChI=1S/C25H39NO7/c1-16(2)30-22(23(31-17(3)4)21-15-29-25(5,6)32-21)19-13-20(24(27)28-7)33-26(19)14-18-11-9-8-10-12-18/h8-12,16-17,19-23H,13-15H2,1-7H3/t19-,20-,21+,22-,23-/m0/s1. The lowest BCUT2D eigenvalue weighted by molar-refractivity contribution is -0.229. The highest BCUT2D eigenvalue weighted by Gasteiger charge is 2.50. The molecule has 2 aliphatic heterocycles. The van der Waals surface area contributed by atoms with Gasteiger partial charge in [-0.2, -0.15) is 5.06 Å². The number of nitrogens with zero attached hydrogens (tertiary/aromatic N) is 1. The van der Waals surface area contributed by atoms with Crippen LogP contribution in [0, 0.1) is 0 Å². The van der Waals surface area contributed by atoms with E-state index in [1.54, 1.807) is 0 Å². The molecule has 0 amide bonds. The van der Waals surface area contributed by atoms with Crippen molar-refractivity contribution in [3.05, 3.63) is 35.9 Å². The second-order valence-corrected chi connectivity index (χ2v) is 9.65. The molecule has 5 atom stereocenters. The van der Waals surface area contributed by atoms with E-state index >= 15 is 0 Å². The molecule has 0 aromatic heterocycles. The van der Waals surface area contributed by atoms with Gasteiger partial charge in [0.15, 0.2) is 11.9 Å². The number of benzene rings is 1. The fourth-order valence-corrected chi connectivity index (χ4v) is 4.38. The Morgan fingerprint density at radius 1 is 1.09 bits per heavy atom. The number of hydrogen-bond donors (Lipinski definition) is 0. The number of ether oxygens (including phenoxy) is 5. The molecule has 8 heteroatoms. The van der Waals surface area contributed by atoms with Crippen LogP contribution < -0.4 is 0 Å². The van der Waals surface area contributed by atoms with Crippen LogP contribution in [0.2, 0.25) is 0 Å². The zero-order chi connectivity index (χ0) is 24.2. The summed E-state index contributed by atoms with van der Waals surface area (Å²) in [6, 6.07) is 9.74. The summed E-state index contributed by atoms with van der Waals surface area (Å²) in [5.74, 6) is -1.10. The molecule has 3 rings (SSSR count). The average Bonchev–Trinajstić information content (AvgIpc) is 3.33. The zero-order valence-corrected chi connectivity index (χ0v) is 20.9. The topological polar surface area (TPSA) is 75.7 Å². The lowest BCUT2D eigenvalue weighted by Crippen LogP contribution is -2.54. The maximum atomic E-state index is 12.4. The molecule has 0 bridgehead atoms. The van der Waals surface area contributed by atoms with Crippen LogP contribution in [-0.4, -0.2) is 73.2 Å². The highest BCUT2D eigenvalue weighted by atomic mass is 16.8. The first-order chi connectivity index (χ1) is 15.6.